The second-order valence-electron chi connectivity index (χ2n) is 6.59. The van der Waals surface area contributed by atoms with Crippen LogP contribution in [-0.4, -0.2) is 60.9 Å². The first-order valence-corrected chi connectivity index (χ1v) is 9.58. The molecule has 1 saturated heterocycles. The molecule has 0 saturated carbocycles. The van der Waals surface area contributed by atoms with Crippen LogP contribution in [0.2, 0.25) is 0 Å². The Morgan fingerprint density at radius 1 is 1.36 bits per heavy atom. The van der Waals surface area contributed by atoms with Crippen LogP contribution in [0, 0.1) is 5.92 Å². The number of nitrogens with zero attached hydrogens (tertiary/aromatic N) is 2. The van der Waals surface area contributed by atoms with Crippen molar-refractivity contribution < 1.29 is 9.59 Å². The number of carbonyl (C=O) groups excluding carboxylic acids is 2. The highest BCUT2D eigenvalue weighted by Gasteiger charge is 2.28. The van der Waals surface area contributed by atoms with E-state index in [1.165, 1.54) is 10.4 Å². The Morgan fingerprint density at radius 2 is 2.20 bits per heavy atom. The molecule has 0 spiro atoms. The average Bonchev–Trinajstić information content (AvgIpc) is 3.07. The van der Waals surface area contributed by atoms with Gasteiger partial charge >= 0.3 is 0 Å². The summed E-state index contributed by atoms with van der Waals surface area (Å²) in [7, 11) is 0. The molecule has 1 aromatic heterocycles. The number of likely N-dealkylation sites (tertiary alicyclic amines) is 1. The summed E-state index contributed by atoms with van der Waals surface area (Å²) in [6.45, 7) is 4.49. The number of rotatable bonds is 5. The van der Waals surface area contributed by atoms with Crippen LogP contribution >= 0.6 is 23.7 Å². The summed E-state index contributed by atoms with van der Waals surface area (Å²) >= 11 is 1.78. The maximum absolute atomic E-state index is 12.6. The van der Waals surface area contributed by atoms with E-state index in [4.69, 9.17) is 5.73 Å². The average molecular weight is 387 g/mol. The van der Waals surface area contributed by atoms with Crippen molar-refractivity contribution in [3.8, 4) is 0 Å². The second kappa shape index (κ2) is 9.52. The van der Waals surface area contributed by atoms with Crippen LogP contribution in [0.4, 0.5) is 0 Å². The molecule has 1 atom stereocenters. The van der Waals surface area contributed by atoms with Gasteiger partial charge in [0.15, 0.2) is 0 Å². The van der Waals surface area contributed by atoms with Crippen molar-refractivity contribution in [2.75, 3.05) is 39.3 Å². The zero-order chi connectivity index (χ0) is 16.9. The summed E-state index contributed by atoms with van der Waals surface area (Å²) < 4.78 is 0. The van der Waals surface area contributed by atoms with Gasteiger partial charge in [-0.05, 0) is 42.8 Å². The number of nitrogens with one attached hydrogen (secondary N) is 1. The van der Waals surface area contributed by atoms with Crippen molar-refractivity contribution in [1.82, 2.24) is 15.1 Å². The third kappa shape index (κ3) is 5.17. The number of piperidine rings is 1. The van der Waals surface area contributed by atoms with E-state index in [-0.39, 0.29) is 30.1 Å². The number of thiophene rings is 1. The molecule has 0 aliphatic carbocycles. The minimum atomic E-state index is -0.0251. The first-order chi connectivity index (χ1) is 11.7. The van der Waals surface area contributed by atoms with Crippen LogP contribution in [0.1, 0.15) is 23.3 Å². The zero-order valence-corrected chi connectivity index (χ0v) is 16.0. The van der Waals surface area contributed by atoms with Gasteiger partial charge in [-0.15, -0.1) is 23.7 Å². The van der Waals surface area contributed by atoms with E-state index in [9.17, 15) is 9.59 Å². The third-order valence-electron chi connectivity index (χ3n) is 4.84. The molecule has 0 bridgehead atoms. The van der Waals surface area contributed by atoms with Gasteiger partial charge in [0, 0.05) is 37.6 Å². The molecule has 0 radical (unpaired) electrons. The van der Waals surface area contributed by atoms with E-state index in [1.807, 2.05) is 4.90 Å². The fourth-order valence-corrected chi connectivity index (χ4v) is 4.40. The predicted molar refractivity (Wildman–Crippen MR) is 102 cm³/mol. The molecular formula is C17H27ClN4O2S. The van der Waals surface area contributed by atoms with E-state index < -0.39 is 0 Å². The molecule has 2 amide bonds. The van der Waals surface area contributed by atoms with Gasteiger partial charge in [-0.1, -0.05) is 0 Å². The van der Waals surface area contributed by atoms with E-state index >= 15 is 0 Å². The van der Waals surface area contributed by atoms with Crippen molar-refractivity contribution >= 4 is 35.6 Å². The molecular weight excluding hydrogens is 360 g/mol. The minimum Gasteiger partial charge on any atom is -0.355 e. The molecule has 140 valence electrons. The number of hydrogen-bond acceptors (Lipinski definition) is 5. The Morgan fingerprint density at radius 3 is 3.00 bits per heavy atom. The number of hydrogen-bond donors (Lipinski definition) is 2. The highest BCUT2D eigenvalue weighted by Crippen LogP contribution is 2.24. The van der Waals surface area contributed by atoms with Crippen LogP contribution in [0.15, 0.2) is 11.4 Å². The van der Waals surface area contributed by atoms with Gasteiger partial charge in [0.05, 0.1) is 12.5 Å². The Bertz CT molecular complexity index is 595. The molecule has 2 aliphatic heterocycles. The van der Waals surface area contributed by atoms with E-state index in [2.05, 4.69) is 21.7 Å². The summed E-state index contributed by atoms with van der Waals surface area (Å²) in [5.74, 6) is 0.219. The van der Waals surface area contributed by atoms with E-state index in [1.54, 1.807) is 11.3 Å². The quantitative estimate of drug-likeness (QED) is 0.786. The molecule has 3 heterocycles. The lowest BCUT2D eigenvalue weighted by Crippen LogP contribution is -2.48. The molecule has 8 heteroatoms. The predicted octanol–water partition coefficient (Wildman–Crippen LogP) is 0.842. The monoisotopic (exact) mass is 386 g/mol. The van der Waals surface area contributed by atoms with E-state index in [0.717, 1.165) is 38.9 Å². The van der Waals surface area contributed by atoms with Crippen molar-refractivity contribution in [2.45, 2.75) is 25.8 Å². The van der Waals surface area contributed by atoms with Crippen LogP contribution < -0.4 is 11.1 Å². The van der Waals surface area contributed by atoms with Crippen LogP contribution in [0.3, 0.4) is 0 Å². The first-order valence-electron chi connectivity index (χ1n) is 8.70. The number of nitrogens with two attached hydrogens (primary N) is 1. The normalized spacial score (nSPS) is 20.5. The molecule has 3 rings (SSSR count). The standard InChI is InChI=1S/C17H26N4O2S.ClH/c18-5-6-19-17(23)14-2-1-7-20(10-14)12-16(22)21-8-3-15-13(11-21)4-9-24-15;/h4,9,14H,1-3,5-8,10-12,18H2,(H,19,23);1H. The lowest BCUT2D eigenvalue weighted by molar-refractivity contribution is -0.135. The molecule has 1 aromatic rings. The van der Waals surface area contributed by atoms with Gasteiger partial charge < -0.3 is 16.0 Å². The van der Waals surface area contributed by atoms with Gasteiger partial charge in [-0.25, -0.2) is 0 Å². The fraction of sp³-hybridized carbons (Fsp3) is 0.647. The zero-order valence-electron chi connectivity index (χ0n) is 14.4. The number of fused-ring (bicyclic) bond motifs is 1. The Kier molecular flexibility index (Phi) is 7.68. The van der Waals surface area contributed by atoms with Crippen molar-refractivity contribution in [1.29, 1.82) is 0 Å². The maximum Gasteiger partial charge on any atom is 0.237 e. The van der Waals surface area contributed by atoms with Crippen molar-refractivity contribution in [3.63, 3.8) is 0 Å². The SMILES string of the molecule is Cl.NCCNC(=O)C1CCCN(CC(=O)N2CCc3sccc3C2)C1. The Labute approximate surface area is 159 Å². The lowest BCUT2D eigenvalue weighted by atomic mass is 9.97. The molecule has 1 unspecified atom stereocenters. The summed E-state index contributed by atoms with van der Waals surface area (Å²) in [5, 5.41) is 4.97. The lowest BCUT2D eigenvalue weighted by Gasteiger charge is -2.34. The highest BCUT2D eigenvalue weighted by atomic mass is 35.5. The molecule has 3 N–H and O–H groups in total. The topological polar surface area (TPSA) is 78.7 Å². The summed E-state index contributed by atoms with van der Waals surface area (Å²) in [4.78, 5) is 30.2. The molecule has 2 aliphatic rings. The van der Waals surface area contributed by atoms with Crippen molar-refractivity contribution in [2.24, 2.45) is 11.7 Å². The smallest absolute Gasteiger partial charge is 0.237 e. The number of carbonyl (C=O) groups is 2. The highest BCUT2D eigenvalue weighted by molar-refractivity contribution is 7.10. The molecule has 1 fully saturated rings. The third-order valence-corrected chi connectivity index (χ3v) is 5.86. The second-order valence-corrected chi connectivity index (χ2v) is 7.59. The van der Waals surface area contributed by atoms with Crippen LogP contribution in [0.25, 0.3) is 0 Å². The van der Waals surface area contributed by atoms with E-state index in [0.29, 0.717) is 26.2 Å². The first kappa shape index (κ1) is 20.2. The van der Waals surface area contributed by atoms with Crippen molar-refractivity contribution in [3.05, 3.63) is 21.9 Å². The molecule has 25 heavy (non-hydrogen) atoms. The van der Waals surface area contributed by atoms with Gasteiger partial charge in [0.25, 0.3) is 0 Å². The minimum absolute atomic E-state index is 0. The van der Waals surface area contributed by atoms with Gasteiger partial charge in [0.2, 0.25) is 11.8 Å². The summed E-state index contributed by atoms with van der Waals surface area (Å²) in [6.07, 6.45) is 2.81. The summed E-state index contributed by atoms with van der Waals surface area (Å²) in [5.41, 5.74) is 6.72. The van der Waals surface area contributed by atoms with Crippen LogP contribution in [0.5, 0.6) is 0 Å². The van der Waals surface area contributed by atoms with Gasteiger partial charge in [-0.3, -0.25) is 14.5 Å². The molecule has 6 nitrogen and oxygen atoms in total. The Balaban J connectivity index is 0.00000225. The largest absolute Gasteiger partial charge is 0.355 e. The van der Waals surface area contributed by atoms with Crippen LogP contribution in [-0.2, 0) is 22.6 Å². The van der Waals surface area contributed by atoms with Gasteiger partial charge in [0.1, 0.15) is 0 Å². The summed E-state index contributed by atoms with van der Waals surface area (Å²) in [6, 6.07) is 2.12. The maximum atomic E-state index is 12.6. The Hall–Kier alpha value is -1.15. The number of halogens is 1. The van der Waals surface area contributed by atoms with Gasteiger partial charge in [-0.2, -0.15) is 0 Å². The number of amides is 2. The molecule has 0 aromatic carbocycles. The fourth-order valence-electron chi connectivity index (χ4n) is 3.51.